The highest BCUT2D eigenvalue weighted by atomic mass is 16.1. The summed E-state index contributed by atoms with van der Waals surface area (Å²) in [5.41, 5.74) is 7.16. The van der Waals surface area contributed by atoms with Gasteiger partial charge in [-0.25, -0.2) is 4.68 Å². The number of unbranched alkanes of at least 4 members (excludes halogenated alkanes) is 1. The Kier molecular flexibility index (Phi) is 4.90. The molecule has 0 aliphatic rings. The predicted molar refractivity (Wildman–Crippen MR) is 79.4 cm³/mol. The molecule has 2 aromatic rings. The van der Waals surface area contributed by atoms with E-state index in [1.165, 1.54) is 0 Å². The predicted octanol–water partition coefficient (Wildman–Crippen LogP) is 2.39. The largest absolute Gasteiger partial charge is 0.326 e. The van der Waals surface area contributed by atoms with Gasteiger partial charge >= 0.3 is 0 Å². The van der Waals surface area contributed by atoms with E-state index in [1.807, 2.05) is 22.9 Å². The zero-order valence-corrected chi connectivity index (χ0v) is 11.7. The number of carbonyl (C=O) groups excluding carboxylic acids is 1. The zero-order valence-electron chi connectivity index (χ0n) is 11.7. The average Bonchev–Trinajstić information content (AvgIpc) is 2.92. The summed E-state index contributed by atoms with van der Waals surface area (Å²) in [5.74, 6) is 0.596. The van der Waals surface area contributed by atoms with Crippen LogP contribution in [-0.2, 0) is 13.1 Å². The molecule has 0 saturated heterocycles. The molecule has 1 aromatic heterocycles. The molecule has 1 aromatic carbocycles. The summed E-state index contributed by atoms with van der Waals surface area (Å²) in [6.07, 6.45) is 3.83. The Labute approximate surface area is 118 Å². The number of aryl methyl sites for hydroxylation is 1. The summed E-state index contributed by atoms with van der Waals surface area (Å²) in [7, 11) is 0. The van der Waals surface area contributed by atoms with Crippen molar-refractivity contribution in [3.63, 3.8) is 0 Å². The minimum absolute atomic E-state index is 0.133. The fourth-order valence-electron chi connectivity index (χ4n) is 1.91. The van der Waals surface area contributed by atoms with E-state index in [1.54, 1.807) is 18.3 Å². The normalized spacial score (nSPS) is 10.5. The number of hydrogen-bond donors (Lipinski definition) is 2. The molecule has 3 N–H and O–H groups in total. The van der Waals surface area contributed by atoms with Gasteiger partial charge in [-0.2, -0.15) is 5.10 Å². The van der Waals surface area contributed by atoms with Crippen molar-refractivity contribution in [2.24, 2.45) is 5.73 Å². The highest BCUT2D eigenvalue weighted by Gasteiger charge is 2.09. The van der Waals surface area contributed by atoms with Crippen LogP contribution in [0, 0.1) is 0 Å². The number of nitrogens with one attached hydrogen (secondary N) is 1. The monoisotopic (exact) mass is 272 g/mol. The molecule has 0 aliphatic carbocycles. The lowest BCUT2D eigenvalue weighted by molar-refractivity contribution is 0.102. The van der Waals surface area contributed by atoms with Crippen LogP contribution in [0.3, 0.4) is 0 Å². The van der Waals surface area contributed by atoms with E-state index in [-0.39, 0.29) is 5.91 Å². The second-order valence-electron chi connectivity index (χ2n) is 4.65. The molecular formula is C15H20N4O. The molecule has 2 rings (SSSR count). The summed E-state index contributed by atoms with van der Waals surface area (Å²) in [4.78, 5) is 12.2. The van der Waals surface area contributed by atoms with Gasteiger partial charge in [0.05, 0.1) is 6.20 Å². The molecule has 0 aliphatic heterocycles. The van der Waals surface area contributed by atoms with Gasteiger partial charge in [0.15, 0.2) is 0 Å². The number of rotatable bonds is 6. The fraction of sp³-hybridized carbons (Fsp3) is 0.333. The first-order valence-electron chi connectivity index (χ1n) is 6.86. The van der Waals surface area contributed by atoms with E-state index in [0.717, 1.165) is 30.8 Å². The van der Waals surface area contributed by atoms with Crippen LogP contribution < -0.4 is 11.1 Å². The Morgan fingerprint density at radius 1 is 1.30 bits per heavy atom. The second-order valence-corrected chi connectivity index (χ2v) is 4.65. The standard InChI is InChI=1S/C15H20N4O/c1-2-3-10-19-14(8-9-17-19)18-15(20)13-6-4-12(11-16)5-7-13/h4-9H,2-3,10-11,16H2,1H3,(H,18,20). The van der Waals surface area contributed by atoms with Crippen LogP contribution in [0.4, 0.5) is 5.82 Å². The third-order valence-electron chi connectivity index (χ3n) is 3.13. The van der Waals surface area contributed by atoms with Gasteiger partial charge in [0.25, 0.3) is 5.91 Å². The highest BCUT2D eigenvalue weighted by Crippen LogP contribution is 2.11. The lowest BCUT2D eigenvalue weighted by atomic mass is 10.1. The zero-order chi connectivity index (χ0) is 14.4. The molecule has 106 valence electrons. The molecule has 0 radical (unpaired) electrons. The maximum absolute atomic E-state index is 12.2. The topological polar surface area (TPSA) is 72.9 Å². The summed E-state index contributed by atoms with van der Waals surface area (Å²) >= 11 is 0. The Morgan fingerprint density at radius 2 is 2.05 bits per heavy atom. The average molecular weight is 272 g/mol. The SMILES string of the molecule is CCCCn1nccc1NC(=O)c1ccc(CN)cc1. The molecule has 0 fully saturated rings. The smallest absolute Gasteiger partial charge is 0.256 e. The van der Waals surface area contributed by atoms with Gasteiger partial charge in [-0.3, -0.25) is 4.79 Å². The van der Waals surface area contributed by atoms with E-state index in [0.29, 0.717) is 12.1 Å². The van der Waals surface area contributed by atoms with Crippen LogP contribution in [0.5, 0.6) is 0 Å². The van der Waals surface area contributed by atoms with Crippen LogP contribution in [0.1, 0.15) is 35.7 Å². The van der Waals surface area contributed by atoms with Gasteiger partial charge in [0.1, 0.15) is 5.82 Å². The van der Waals surface area contributed by atoms with Crippen molar-refractivity contribution in [2.45, 2.75) is 32.9 Å². The Morgan fingerprint density at radius 3 is 2.70 bits per heavy atom. The minimum atomic E-state index is -0.133. The Hall–Kier alpha value is -2.14. The summed E-state index contributed by atoms with van der Waals surface area (Å²) < 4.78 is 1.82. The van der Waals surface area contributed by atoms with Crippen LogP contribution >= 0.6 is 0 Å². The van der Waals surface area contributed by atoms with Crippen molar-refractivity contribution in [2.75, 3.05) is 5.32 Å². The van der Waals surface area contributed by atoms with Crippen LogP contribution in [-0.4, -0.2) is 15.7 Å². The van der Waals surface area contributed by atoms with Crippen LogP contribution in [0.2, 0.25) is 0 Å². The molecule has 20 heavy (non-hydrogen) atoms. The molecule has 5 nitrogen and oxygen atoms in total. The molecule has 1 amide bonds. The fourth-order valence-corrected chi connectivity index (χ4v) is 1.91. The van der Waals surface area contributed by atoms with Crippen LogP contribution in [0.25, 0.3) is 0 Å². The first-order chi connectivity index (χ1) is 9.74. The van der Waals surface area contributed by atoms with Crippen molar-refractivity contribution >= 4 is 11.7 Å². The van der Waals surface area contributed by atoms with E-state index in [4.69, 9.17) is 5.73 Å². The van der Waals surface area contributed by atoms with Gasteiger partial charge in [-0.05, 0) is 24.1 Å². The van der Waals surface area contributed by atoms with Crippen LogP contribution in [0.15, 0.2) is 36.5 Å². The van der Waals surface area contributed by atoms with E-state index < -0.39 is 0 Å². The molecule has 0 saturated carbocycles. The first-order valence-corrected chi connectivity index (χ1v) is 6.86. The Bertz CT molecular complexity index is 560. The number of nitrogens with two attached hydrogens (primary N) is 1. The van der Waals surface area contributed by atoms with Crippen molar-refractivity contribution in [3.8, 4) is 0 Å². The summed E-state index contributed by atoms with van der Waals surface area (Å²) in [6.45, 7) is 3.41. The third kappa shape index (κ3) is 3.45. The molecule has 1 heterocycles. The van der Waals surface area contributed by atoms with E-state index in [9.17, 15) is 4.79 Å². The number of anilines is 1. The molecular weight excluding hydrogens is 252 g/mol. The van der Waals surface area contributed by atoms with Gasteiger partial charge < -0.3 is 11.1 Å². The molecule has 0 spiro atoms. The molecule has 0 bridgehead atoms. The quantitative estimate of drug-likeness (QED) is 0.848. The number of benzene rings is 1. The van der Waals surface area contributed by atoms with Crippen molar-refractivity contribution < 1.29 is 4.79 Å². The van der Waals surface area contributed by atoms with E-state index >= 15 is 0 Å². The minimum Gasteiger partial charge on any atom is -0.326 e. The maximum Gasteiger partial charge on any atom is 0.256 e. The Balaban J connectivity index is 2.05. The number of carbonyl (C=O) groups is 1. The van der Waals surface area contributed by atoms with E-state index in [2.05, 4.69) is 17.3 Å². The molecule has 5 heteroatoms. The van der Waals surface area contributed by atoms with Crippen molar-refractivity contribution in [3.05, 3.63) is 47.7 Å². The maximum atomic E-state index is 12.2. The number of nitrogens with zero attached hydrogens (tertiary/aromatic N) is 2. The van der Waals surface area contributed by atoms with Gasteiger partial charge in [-0.1, -0.05) is 25.5 Å². The second kappa shape index (κ2) is 6.86. The van der Waals surface area contributed by atoms with Gasteiger partial charge in [0, 0.05) is 24.7 Å². The summed E-state index contributed by atoms with van der Waals surface area (Å²) in [5, 5.41) is 7.10. The molecule has 0 unspecified atom stereocenters. The first kappa shape index (κ1) is 14.3. The third-order valence-corrected chi connectivity index (χ3v) is 3.13. The lowest BCUT2D eigenvalue weighted by Gasteiger charge is -2.08. The lowest BCUT2D eigenvalue weighted by Crippen LogP contribution is -2.16. The van der Waals surface area contributed by atoms with Crippen molar-refractivity contribution in [1.82, 2.24) is 9.78 Å². The number of amides is 1. The van der Waals surface area contributed by atoms with Gasteiger partial charge in [0.2, 0.25) is 0 Å². The van der Waals surface area contributed by atoms with Gasteiger partial charge in [-0.15, -0.1) is 0 Å². The highest BCUT2D eigenvalue weighted by molar-refractivity contribution is 6.03. The number of aromatic nitrogens is 2. The number of hydrogen-bond acceptors (Lipinski definition) is 3. The molecule has 0 atom stereocenters. The summed E-state index contributed by atoms with van der Waals surface area (Å²) in [6, 6.07) is 9.10. The van der Waals surface area contributed by atoms with Crippen molar-refractivity contribution in [1.29, 1.82) is 0 Å².